The molecule has 10 nitrogen and oxygen atoms in total. The van der Waals surface area contributed by atoms with E-state index in [-0.39, 0.29) is 45.0 Å². The van der Waals surface area contributed by atoms with Gasteiger partial charge in [-0.2, -0.15) is 0 Å². The minimum Gasteiger partial charge on any atom is -0.496 e. The minimum absolute atomic E-state index is 0.161. The molecule has 1 fully saturated rings. The summed E-state index contributed by atoms with van der Waals surface area (Å²) in [6, 6.07) is 10.3. The van der Waals surface area contributed by atoms with Gasteiger partial charge in [-0.1, -0.05) is 30.3 Å². The largest absolute Gasteiger partial charge is 0.496 e. The molecule has 2 amide bonds. The summed E-state index contributed by atoms with van der Waals surface area (Å²) in [6.07, 6.45) is 0.323. The van der Waals surface area contributed by atoms with Crippen LogP contribution in [0.4, 0.5) is 4.79 Å². The van der Waals surface area contributed by atoms with Gasteiger partial charge in [0.2, 0.25) is 0 Å². The van der Waals surface area contributed by atoms with Crippen LogP contribution in [0.25, 0.3) is 0 Å². The summed E-state index contributed by atoms with van der Waals surface area (Å²) in [5.41, 5.74) is 1.27. The van der Waals surface area contributed by atoms with Crippen molar-refractivity contribution in [3.05, 3.63) is 58.7 Å². The highest BCUT2D eigenvalue weighted by molar-refractivity contribution is 6.00. The third kappa shape index (κ3) is 6.88. The monoisotopic (exact) mass is 542 g/mol. The second-order valence-corrected chi connectivity index (χ2v) is 9.59. The van der Waals surface area contributed by atoms with Crippen molar-refractivity contribution in [2.24, 2.45) is 0 Å². The number of urea groups is 1. The number of hydrogen-bond donors (Lipinski definition) is 2. The Labute approximate surface area is 229 Å². The number of carboxylic acids is 1. The lowest BCUT2D eigenvalue weighted by Gasteiger charge is -2.38. The third-order valence-electron chi connectivity index (χ3n) is 7.18. The van der Waals surface area contributed by atoms with Gasteiger partial charge >= 0.3 is 12.0 Å². The quantitative estimate of drug-likeness (QED) is 0.303. The number of nitrogens with one attached hydrogen (secondary N) is 1. The second-order valence-electron chi connectivity index (χ2n) is 9.59. The summed E-state index contributed by atoms with van der Waals surface area (Å²) in [6.45, 7) is 6.34. The zero-order valence-corrected chi connectivity index (χ0v) is 23.2. The van der Waals surface area contributed by atoms with Crippen molar-refractivity contribution in [3.63, 3.8) is 0 Å². The third-order valence-corrected chi connectivity index (χ3v) is 7.18. The standard InChI is InChI=1S/C29H38N2O8/c1-19-23(17-24(36-4)25(21(3)32)26(19)37-5)20(2)31(13-16-39-18-22-9-7-6-8-10-22)28(35)30-29(27(33)34)11-14-38-15-12-29/h6-10,17,20H,11-16,18H2,1-5H3,(H,30,35)(H,33,34). The van der Waals surface area contributed by atoms with Gasteiger partial charge in [-0.05, 0) is 43.5 Å². The topological polar surface area (TPSA) is 124 Å². The van der Waals surface area contributed by atoms with Crippen LogP contribution in [0, 0.1) is 6.92 Å². The molecule has 2 aromatic rings. The molecule has 1 atom stereocenters. The van der Waals surface area contributed by atoms with E-state index in [1.165, 1.54) is 21.1 Å². The zero-order chi connectivity index (χ0) is 28.6. The molecular formula is C29H38N2O8. The number of hydrogen-bond acceptors (Lipinski definition) is 7. The first kappa shape index (κ1) is 29.9. The number of benzene rings is 2. The Morgan fingerprint density at radius 2 is 1.79 bits per heavy atom. The van der Waals surface area contributed by atoms with Crippen LogP contribution in [0.3, 0.4) is 0 Å². The van der Waals surface area contributed by atoms with E-state index in [0.29, 0.717) is 34.8 Å². The molecule has 0 spiro atoms. The van der Waals surface area contributed by atoms with E-state index in [1.54, 1.807) is 11.0 Å². The Morgan fingerprint density at radius 1 is 1.13 bits per heavy atom. The van der Waals surface area contributed by atoms with Crippen molar-refractivity contribution < 1.29 is 38.4 Å². The average molecular weight is 543 g/mol. The van der Waals surface area contributed by atoms with E-state index < -0.39 is 23.6 Å². The van der Waals surface area contributed by atoms with Gasteiger partial charge in [0.05, 0.1) is 33.5 Å². The van der Waals surface area contributed by atoms with Gasteiger partial charge in [-0.15, -0.1) is 0 Å². The van der Waals surface area contributed by atoms with Gasteiger partial charge in [-0.3, -0.25) is 4.79 Å². The summed E-state index contributed by atoms with van der Waals surface area (Å²) in [5, 5.41) is 12.8. The van der Waals surface area contributed by atoms with Gasteiger partial charge in [0.1, 0.15) is 22.6 Å². The van der Waals surface area contributed by atoms with E-state index in [1.807, 2.05) is 44.2 Å². The molecule has 0 aliphatic carbocycles. The van der Waals surface area contributed by atoms with E-state index in [2.05, 4.69) is 5.32 Å². The van der Waals surface area contributed by atoms with Gasteiger partial charge < -0.3 is 34.3 Å². The first-order valence-electron chi connectivity index (χ1n) is 12.9. The molecule has 2 N–H and O–H groups in total. The highest BCUT2D eigenvalue weighted by Gasteiger charge is 2.43. The molecule has 1 aliphatic heterocycles. The summed E-state index contributed by atoms with van der Waals surface area (Å²) < 4.78 is 22.3. The number of methoxy groups -OCH3 is 2. The molecule has 1 heterocycles. The normalized spacial score (nSPS) is 15.2. The van der Waals surface area contributed by atoms with Crippen LogP contribution < -0.4 is 14.8 Å². The summed E-state index contributed by atoms with van der Waals surface area (Å²) in [5.74, 6) is -0.606. The fraction of sp³-hybridized carbons (Fsp3) is 0.483. The zero-order valence-electron chi connectivity index (χ0n) is 23.2. The van der Waals surface area contributed by atoms with E-state index in [9.17, 15) is 19.5 Å². The average Bonchev–Trinajstić information content (AvgIpc) is 2.93. The van der Waals surface area contributed by atoms with Crippen molar-refractivity contribution in [1.82, 2.24) is 10.2 Å². The van der Waals surface area contributed by atoms with Crippen LogP contribution in [0.2, 0.25) is 0 Å². The van der Waals surface area contributed by atoms with Crippen LogP contribution in [0.5, 0.6) is 11.5 Å². The number of Topliss-reactive ketones (excluding diaryl/α,β-unsaturated/α-hetero) is 1. The fourth-order valence-corrected chi connectivity index (χ4v) is 4.89. The minimum atomic E-state index is -1.43. The lowest BCUT2D eigenvalue weighted by Crippen LogP contribution is -2.60. The SMILES string of the molecule is COc1cc(C(C)N(CCOCc2ccccc2)C(=O)NC2(C(=O)O)CCOCC2)c(C)c(OC)c1C(C)=O. The molecule has 1 aliphatic rings. The maximum absolute atomic E-state index is 13.7. The molecule has 2 aromatic carbocycles. The van der Waals surface area contributed by atoms with Crippen LogP contribution in [0.15, 0.2) is 36.4 Å². The lowest BCUT2D eigenvalue weighted by atomic mass is 9.90. The predicted octanol–water partition coefficient (Wildman–Crippen LogP) is 4.14. The van der Waals surface area contributed by atoms with Crippen molar-refractivity contribution in [2.75, 3.05) is 40.6 Å². The van der Waals surface area contributed by atoms with Gasteiger partial charge in [0.15, 0.2) is 5.78 Å². The van der Waals surface area contributed by atoms with E-state index >= 15 is 0 Å². The summed E-state index contributed by atoms with van der Waals surface area (Å²) in [4.78, 5) is 39.9. The molecule has 0 radical (unpaired) electrons. The van der Waals surface area contributed by atoms with Crippen molar-refractivity contribution in [3.8, 4) is 11.5 Å². The number of ether oxygens (including phenoxy) is 4. The molecule has 0 aromatic heterocycles. The predicted molar refractivity (Wildman–Crippen MR) is 144 cm³/mol. The van der Waals surface area contributed by atoms with Gasteiger partial charge in [-0.25, -0.2) is 9.59 Å². The lowest BCUT2D eigenvalue weighted by molar-refractivity contribution is -0.148. The Kier molecular flexibility index (Phi) is 10.3. The number of rotatable bonds is 12. The van der Waals surface area contributed by atoms with Crippen LogP contribution in [0.1, 0.15) is 59.8 Å². The smallest absolute Gasteiger partial charge is 0.329 e. The molecule has 212 valence electrons. The second kappa shape index (κ2) is 13.4. The molecule has 3 rings (SSSR count). The van der Waals surface area contributed by atoms with Gasteiger partial charge in [0.25, 0.3) is 0 Å². The van der Waals surface area contributed by atoms with Crippen LogP contribution in [-0.2, 0) is 20.9 Å². The number of carbonyl (C=O) groups is 3. The number of amides is 2. The number of carbonyl (C=O) groups excluding carboxylic acids is 2. The maximum atomic E-state index is 13.7. The Balaban J connectivity index is 1.93. The van der Waals surface area contributed by atoms with Crippen LogP contribution in [-0.4, -0.2) is 73.9 Å². The first-order chi connectivity index (χ1) is 18.6. The Hall–Kier alpha value is -3.63. The molecule has 10 heteroatoms. The van der Waals surface area contributed by atoms with E-state index in [0.717, 1.165) is 5.56 Å². The summed E-state index contributed by atoms with van der Waals surface area (Å²) >= 11 is 0. The van der Waals surface area contributed by atoms with Crippen molar-refractivity contribution in [2.45, 2.75) is 51.8 Å². The molecule has 0 saturated carbocycles. The molecule has 39 heavy (non-hydrogen) atoms. The highest BCUT2D eigenvalue weighted by Crippen LogP contribution is 2.39. The molecular weight excluding hydrogens is 504 g/mol. The molecule has 1 saturated heterocycles. The number of aliphatic carboxylic acids is 1. The van der Waals surface area contributed by atoms with E-state index in [4.69, 9.17) is 18.9 Å². The van der Waals surface area contributed by atoms with Crippen LogP contribution >= 0.6 is 0 Å². The Bertz CT molecular complexity index is 1160. The number of ketones is 1. The van der Waals surface area contributed by atoms with Crippen molar-refractivity contribution in [1.29, 1.82) is 0 Å². The Morgan fingerprint density at radius 3 is 2.36 bits per heavy atom. The first-order valence-corrected chi connectivity index (χ1v) is 12.9. The highest BCUT2D eigenvalue weighted by atomic mass is 16.5. The fourth-order valence-electron chi connectivity index (χ4n) is 4.89. The van der Waals surface area contributed by atoms with Crippen molar-refractivity contribution >= 4 is 17.8 Å². The number of carboxylic acid groups (broad SMARTS) is 1. The van der Waals surface area contributed by atoms with Gasteiger partial charge in [0, 0.05) is 32.6 Å². The summed E-state index contributed by atoms with van der Waals surface area (Å²) in [7, 11) is 2.95. The molecule has 1 unspecified atom stereocenters. The number of nitrogens with zero attached hydrogens (tertiary/aromatic N) is 1. The molecule has 0 bridgehead atoms. The maximum Gasteiger partial charge on any atom is 0.329 e.